The maximum Gasteiger partial charge on any atom is 0.301 e. The highest BCUT2D eigenvalue weighted by Gasteiger charge is 2.16. The van der Waals surface area contributed by atoms with E-state index in [0.717, 1.165) is 0 Å². The fourth-order valence-corrected chi connectivity index (χ4v) is 1.30. The molecule has 1 rings (SSSR count). The van der Waals surface area contributed by atoms with Gasteiger partial charge in [0, 0.05) is 0 Å². The predicted molar refractivity (Wildman–Crippen MR) is 45.5 cm³/mol. The van der Waals surface area contributed by atoms with Gasteiger partial charge in [-0.3, -0.25) is 10.1 Å². The molecule has 0 heterocycles. The molecule has 0 amide bonds. The van der Waals surface area contributed by atoms with Crippen LogP contribution >= 0.6 is 15.9 Å². The third-order valence-corrected chi connectivity index (χ3v) is 1.93. The number of nitriles is 1. The van der Waals surface area contributed by atoms with Crippen molar-refractivity contribution < 1.29 is 4.92 Å². The molecule has 1 aromatic carbocycles. The van der Waals surface area contributed by atoms with Gasteiger partial charge in [0.1, 0.15) is 11.6 Å². The first-order chi connectivity index (χ1) is 5.66. The van der Waals surface area contributed by atoms with Gasteiger partial charge in [0.15, 0.2) is 0 Å². The molecular weight excluding hydrogens is 224 g/mol. The lowest BCUT2D eigenvalue weighted by Crippen LogP contribution is -1.92. The highest BCUT2D eigenvalue weighted by molar-refractivity contribution is 9.10. The van der Waals surface area contributed by atoms with E-state index in [2.05, 4.69) is 15.9 Å². The molecule has 5 heteroatoms. The van der Waals surface area contributed by atoms with Gasteiger partial charge in [-0.05, 0) is 28.1 Å². The second-order valence-corrected chi connectivity index (χ2v) is 2.86. The standard InChI is InChI=1S/C7H3BrN2O2/c8-6-3-1-2-5(4-9)7(6)10(11)12/h1-3H. The highest BCUT2D eigenvalue weighted by atomic mass is 79.9. The van der Waals surface area contributed by atoms with Crippen LogP contribution in [0, 0.1) is 21.4 Å². The van der Waals surface area contributed by atoms with E-state index in [-0.39, 0.29) is 11.3 Å². The van der Waals surface area contributed by atoms with Gasteiger partial charge in [-0.1, -0.05) is 6.07 Å². The van der Waals surface area contributed by atoms with Gasteiger partial charge in [-0.25, -0.2) is 0 Å². The van der Waals surface area contributed by atoms with Crippen LogP contribution in [0.1, 0.15) is 5.56 Å². The van der Waals surface area contributed by atoms with Crippen molar-refractivity contribution in [1.82, 2.24) is 0 Å². The summed E-state index contributed by atoms with van der Waals surface area (Å²) in [6.45, 7) is 0. The van der Waals surface area contributed by atoms with Crippen molar-refractivity contribution in [1.29, 1.82) is 5.26 Å². The zero-order valence-corrected chi connectivity index (χ0v) is 7.41. The monoisotopic (exact) mass is 226 g/mol. The average Bonchev–Trinajstić information content (AvgIpc) is 2.03. The molecule has 0 fully saturated rings. The lowest BCUT2D eigenvalue weighted by Gasteiger charge is -1.95. The number of para-hydroxylation sites is 1. The number of hydrogen-bond acceptors (Lipinski definition) is 3. The van der Waals surface area contributed by atoms with Crippen molar-refractivity contribution in [2.45, 2.75) is 0 Å². The molecule has 1 aromatic rings. The highest BCUT2D eigenvalue weighted by Crippen LogP contribution is 2.27. The summed E-state index contributed by atoms with van der Waals surface area (Å²) in [7, 11) is 0. The summed E-state index contributed by atoms with van der Waals surface area (Å²) in [5, 5.41) is 18.9. The smallest absolute Gasteiger partial charge is 0.258 e. The minimum Gasteiger partial charge on any atom is -0.258 e. The van der Waals surface area contributed by atoms with Gasteiger partial charge >= 0.3 is 5.69 Å². The average molecular weight is 227 g/mol. The van der Waals surface area contributed by atoms with Gasteiger partial charge in [-0.2, -0.15) is 5.26 Å². The first kappa shape index (κ1) is 8.68. The largest absolute Gasteiger partial charge is 0.301 e. The second-order valence-electron chi connectivity index (χ2n) is 2.00. The van der Waals surface area contributed by atoms with Crippen LogP contribution in [0.5, 0.6) is 0 Å². The third kappa shape index (κ3) is 1.43. The summed E-state index contributed by atoms with van der Waals surface area (Å²) in [5.41, 5.74) is -0.116. The van der Waals surface area contributed by atoms with E-state index in [1.807, 2.05) is 0 Å². The first-order valence-electron chi connectivity index (χ1n) is 3.00. The van der Waals surface area contributed by atoms with Crippen molar-refractivity contribution in [2.24, 2.45) is 0 Å². The van der Waals surface area contributed by atoms with E-state index in [0.29, 0.717) is 4.47 Å². The van der Waals surface area contributed by atoms with E-state index >= 15 is 0 Å². The van der Waals surface area contributed by atoms with Crippen LogP contribution < -0.4 is 0 Å². The first-order valence-corrected chi connectivity index (χ1v) is 3.79. The maximum absolute atomic E-state index is 10.4. The minimum absolute atomic E-state index is 0.0642. The predicted octanol–water partition coefficient (Wildman–Crippen LogP) is 2.23. The molecule has 0 radical (unpaired) electrons. The molecule has 0 saturated carbocycles. The Kier molecular flexibility index (Phi) is 2.41. The summed E-state index contributed by atoms with van der Waals surface area (Å²) in [6.07, 6.45) is 0. The normalized spacial score (nSPS) is 9.00. The molecule has 0 aliphatic heterocycles. The summed E-state index contributed by atoms with van der Waals surface area (Å²) >= 11 is 3.00. The van der Waals surface area contributed by atoms with Crippen molar-refractivity contribution in [3.63, 3.8) is 0 Å². The third-order valence-electron chi connectivity index (χ3n) is 1.29. The Morgan fingerprint density at radius 1 is 1.58 bits per heavy atom. The molecule has 12 heavy (non-hydrogen) atoms. The molecule has 60 valence electrons. The molecule has 4 nitrogen and oxygen atoms in total. The zero-order chi connectivity index (χ0) is 9.14. The lowest BCUT2D eigenvalue weighted by atomic mass is 10.2. The molecule has 0 N–H and O–H groups in total. The molecule has 0 aliphatic carbocycles. The lowest BCUT2D eigenvalue weighted by molar-refractivity contribution is -0.386. The van der Waals surface area contributed by atoms with Crippen LogP contribution in [0.4, 0.5) is 5.69 Å². The van der Waals surface area contributed by atoms with E-state index in [4.69, 9.17) is 5.26 Å². The fourth-order valence-electron chi connectivity index (χ4n) is 0.791. The van der Waals surface area contributed by atoms with Crippen LogP contribution in [-0.2, 0) is 0 Å². The van der Waals surface area contributed by atoms with Gasteiger partial charge in [-0.15, -0.1) is 0 Å². The fraction of sp³-hybridized carbons (Fsp3) is 0. The molecule has 0 aliphatic rings. The Morgan fingerprint density at radius 3 is 2.67 bits per heavy atom. The molecule has 0 atom stereocenters. The van der Waals surface area contributed by atoms with Gasteiger partial charge < -0.3 is 0 Å². The Hall–Kier alpha value is -1.41. The van der Waals surface area contributed by atoms with E-state index in [9.17, 15) is 10.1 Å². The van der Waals surface area contributed by atoms with E-state index in [1.165, 1.54) is 12.1 Å². The topological polar surface area (TPSA) is 66.9 Å². The summed E-state index contributed by atoms with van der Waals surface area (Å²) in [4.78, 5) is 9.85. The summed E-state index contributed by atoms with van der Waals surface area (Å²) < 4.78 is 0.326. The summed E-state index contributed by atoms with van der Waals surface area (Å²) in [6, 6.07) is 6.26. The van der Waals surface area contributed by atoms with Gasteiger partial charge in [0.25, 0.3) is 0 Å². The molecule has 0 bridgehead atoms. The van der Waals surface area contributed by atoms with Gasteiger partial charge in [0.05, 0.1) is 9.40 Å². The van der Waals surface area contributed by atoms with Crippen LogP contribution in [0.3, 0.4) is 0 Å². The molecular formula is C7H3BrN2O2. The van der Waals surface area contributed by atoms with Crippen LogP contribution in [0.2, 0.25) is 0 Å². The zero-order valence-electron chi connectivity index (χ0n) is 5.82. The SMILES string of the molecule is N#Cc1cccc(Br)c1[N+](=O)[O-]. The Labute approximate surface area is 76.7 Å². The second kappa shape index (κ2) is 3.32. The van der Waals surface area contributed by atoms with Crippen LogP contribution in [-0.4, -0.2) is 4.92 Å². The number of nitro benzene ring substituents is 1. The quantitative estimate of drug-likeness (QED) is 0.545. The molecule has 0 spiro atoms. The molecule has 0 aromatic heterocycles. The number of benzene rings is 1. The number of hydrogen-bond donors (Lipinski definition) is 0. The minimum atomic E-state index is -0.581. The number of nitrogens with zero attached hydrogens (tertiary/aromatic N) is 2. The van der Waals surface area contributed by atoms with Gasteiger partial charge in [0.2, 0.25) is 0 Å². The van der Waals surface area contributed by atoms with Crippen molar-refractivity contribution in [2.75, 3.05) is 0 Å². The van der Waals surface area contributed by atoms with Crippen LogP contribution in [0.15, 0.2) is 22.7 Å². The molecule has 0 saturated heterocycles. The van der Waals surface area contributed by atoms with Crippen LogP contribution in [0.25, 0.3) is 0 Å². The Balaban J connectivity index is 3.42. The van der Waals surface area contributed by atoms with E-state index < -0.39 is 4.92 Å². The van der Waals surface area contributed by atoms with E-state index in [1.54, 1.807) is 12.1 Å². The maximum atomic E-state index is 10.4. The number of rotatable bonds is 1. The molecule has 0 unspecified atom stereocenters. The van der Waals surface area contributed by atoms with Crippen molar-refractivity contribution in [3.05, 3.63) is 38.3 Å². The van der Waals surface area contributed by atoms with Crippen molar-refractivity contribution in [3.8, 4) is 6.07 Å². The Bertz CT molecular complexity index is 370. The number of nitro groups is 1. The Morgan fingerprint density at radius 2 is 2.25 bits per heavy atom. The number of halogens is 1. The van der Waals surface area contributed by atoms with Crippen molar-refractivity contribution >= 4 is 21.6 Å². The summed E-state index contributed by atoms with van der Waals surface area (Å²) in [5.74, 6) is 0.